The molecule has 3 rings (SSSR count). The quantitative estimate of drug-likeness (QED) is 0.738. The summed E-state index contributed by atoms with van der Waals surface area (Å²) in [6.07, 6.45) is 8.15. The minimum atomic E-state index is 0.0823. The molecular formula is C16H23N3O. The van der Waals surface area contributed by atoms with Crippen LogP contribution in [0, 0.1) is 5.92 Å². The van der Waals surface area contributed by atoms with Gasteiger partial charge in [-0.1, -0.05) is 25.7 Å². The van der Waals surface area contributed by atoms with Crippen LogP contribution in [0.4, 0.5) is 17.1 Å². The molecule has 20 heavy (non-hydrogen) atoms. The van der Waals surface area contributed by atoms with Gasteiger partial charge in [0.25, 0.3) is 0 Å². The maximum Gasteiger partial charge on any atom is 0.224 e. The fourth-order valence-corrected chi connectivity index (χ4v) is 3.31. The van der Waals surface area contributed by atoms with Crippen LogP contribution in [0.15, 0.2) is 12.1 Å². The first-order valence-electron chi connectivity index (χ1n) is 7.68. The van der Waals surface area contributed by atoms with Crippen molar-refractivity contribution < 1.29 is 4.79 Å². The smallest absolute Gasteiger partial charge is 0.224 e. The molecule has 0 aromatic heterocycles. The van der Waals surface area contributed by atoms with Crippen LogP contribution in [-0.2, 0) is 11.2 Å². The number of anilines is 3. The number of rotatable bonds is 4. The second kappa shape index (κ2) is 5.73. The van der Waals surface area contributed by atoms with Gasteiger partial charge in [0, 0.05) is 18.7 Å². The summed E-state index contributed by atoms with van der Waals surface area (Å²) < 4.78 is 0. The fraction of sp³-hybridized carbons (Fsp3) is 0.562. The van der Waals surface area contributed by atoms with Crippen molar-refractivity contribution in [2.75, 3.05) is 22.9 Å². The minimum absolute atomic E-state index is 0.0823. The lowest BCUT2D eigenvalue weighted by Gasteiger charge is -2.20. The minimum Gasteiger partial charge on any atom is -0.397 e. The summed E-state index contributed by atoms with van der Waals surface area (Å²) in [7, 11) is 0. The molecule has 4 N–H and O–H groups in total. The van der Waals surface area contributed by atoms with Gasteiger partial charge in [-0.2, -0.15) is 0 Å². The molecule has 2 aliphatic rings. The highest BCUT2D eigenvalue weighted by atomic mass is 16.1. The molecule has 4 heteroatoms. The van der Waals surface area contributed by atoms with E-state index in [1.165, 1.54) is 37.7 Å². The van der Waals surface area contributed by atoms with Crippen LogP contribution >= 0.6 is 0 Å². The Balaban J connectivity index is 1.62. The van der Waals surface area contributed by atoms with Gasteiger partial charge < -0.3 is 16.4 Å². The maximum absolute atomic E-state index is 11.4. The SMILES string of the molecule is Nc1cc2c(cc1NCCC1CCCC1)CCC(=O)N2. The van der Waals surface area contributed by atoms with Crippen molar-refractivity contribution in [3.63, 3.8) is 0 Å². The van der Waals surface area contributed by atoms with Gasteiger partial charge in [-0.15, -0.1) is 0 Å². The monoisotopic (exact) mass is 273 g/mol. The molecule has 0 saturated heterocycles. The Kier molecular flexibility index (Phi) is 3.81. The normalized spacial score (nSPS) is 18.7. The Morgan fingerprint density at radius 2 is 2.05 bits per heavy atom. The highest BCUT2D eigenvalue weighted by molar-refractivity contribution is 5.95. The van der Waals surface area contributed by atoms with Crippen LogP contribution in [0.25, 0.3) is 0 Å². The number of carbonyl (C=O) groups is 1. The lowest BCUT2D eigenvalue weighted by molar-refractivity contribution is -0.116. The lowest BCUT2D eigenvalue weighted by Crippen LogP contribution is -2.19. The predicted molar refractivity (Wildman–Crippen MR) is 82.9 cm³/mol. The molecule has 0 bridgehead atoms. The second-order valence-electron chi connectivity index (χ2n) is 6.01. The number of benzene rings is 1. The number of amides is 1. The zero-order valence-electron chi connectivity index (χ0n) is 11.9. The highest BCUT2D eigenvalue weighted by Crippen LogP contribution is 2.32. The van der Waals surface area contributed by atoms with Crippen molar-refractivity contribution in [2.24, 2.45) is 5.92 Å². The van der Waals surface area contributed by atoms with Gasteiger partial charge >= 0.3 is 0 Å². The van der Waals surface area contributed by atoms with Gasteiger partial charge in [-0.05, 0) is 36.5 Å². The van der Waals surface area contributed by atoms with E-state index in [0.29, 0.717) is 6.42 Å². The molecule has 1 aliphatic carbocycles. The van der Waals surface area contributed by atoms with Crippen LogP contribution in [0.5, 0.6) is 0 Å². The van der Waals surface area contributed by atoms with E-state index >= 15 is 0 Å². The molecule has 1 amide bonds. The number of hydrogen-bond donors (Lipinski definition) is 3. The highest BCUT2D eigenvalue weighted by Gasteiger charge is 2.17. The molecule has 0 atom stereocenters. The molecule has 1 heterocycles. The number of fused-ring (bicyclic) bond motifs is 1. The fourth-order valence-electron chi connectivity index (χ4n) is 3.31. The third-order valence-corrected chi connectivity index (χ3v) is 4.51. The van der Waals surface area contributed by atoms with Gasteiger partial charge in [0.05, 0.1) is 11.4 Å². The van der Waals surface area contributed by atoms with E-state index in [1.54, 1.807) is 0 Å². The van der Waals surface area contributed by atoms with Crippen molar-refractivity contribution in [3.05, 3.63) is 17.7 Å². The Hall–Kier alpha value is -1.71. The number of nitrogens with two attached hydrogens (primary N) is 1. The summed E-state index contributed by atoms with van der Waals surface area (Å²) in [4.78, 5) is 11.4. The Morgan fingerprint density at radius 3 is 2.85 bits per heavy atom. The second-order valence-corrected chi connectivity index (χ2v) is 6.01. The van der Waals surface area contributed by atoms with Crippen LogP contribution in [0.1, 0.15) is 44.1 Å². The van der Waals surface area contributed by atoms with E-state index < -0.39 is 0 Å². The average molecular weight is 273 g/mol. The lowest BCUT2D eigenvalue weighted by atomic mass is 10.0. The third-order valence-electron chi connectivity index (χ3n) is 4.51. The van der Waals surface area contributed by atoms with Gasteiger partial charge in [-0.3, -0.25) is 4.79 Å². The zero-order chi connectivity index (χ0) is 13.9. The average Bonchev–Trinajstić information content (AvgIpc) is 2.93. The first-order valence-corrected chi connectivity index (χ1v) is 7.68. The topological polar surface area (TPSA) is 67.1 Å². The van der Waals surface area contributed by atoms with Gasteiger partial charge in [0.1, 0.15) is 0 Å². The standard InChI is InChI=1S/C16H23N3O/c17-13-10-14-12(5-6-16(20)19-14)9-15(13)18-8-7-11-3-1-2-4-11/h9-11,18H,1-8,17H2,(H,19,20). The van der Waals surface area contributed by atoms with E-state index in [1.807, 2.05) is 6.07 Å². The predicted octanol–water partition coefficient (Wildman–Crippen LogP) is 3.15. The molecule has 4 nitrogen and oxygen atoms in total. The number of hydrogen-bond acceptors (Lipinski definition) is 3. The van der Waals surface area contributed by atoms with E-state index in [9.17, 15) is 4.79 Å². The Bertz CT molecular complexity index is 507. The number of carbonyl (C=O) groups excluding carboxylic acids is 1. The first kappa shape index (κ1) is 13.3. The first-order chi connectivity index (χ1) is 9.72. The van der Waals surface area contributed by atoms with Crippen molar-refractivity contribution >= 4 is 23.0 Å². The molecule has 108 valence electrons. The summed E-state index contributed by atoms with van der Waals surface area (Å²) in [6.45, 7) is 0.986. The van der Waals surface area contributed by atoms with Crippen molar-refractivity contribution in [2.45, 2.75) is 44.9 Å². The molecule has 0 radical (unpaired) electrons. The molecule has 1 aliphatic heterocycles. The molecule has 0 spiro atoms. The van der Waals surface area contributed by atoms with Gasteiger partial charge in [0.15, 0.2) is 0 Å². The third kappa shape index (κ3) is 2.89. The Labute approximate surface area is 120 Å². The summed E-state index contributed by atoms with van der Waals surface area (Å²) in [5, 5.41) is 6.35. The Morgan fingerprint density at radius 1 is 1.25 bits per heavy atom. The molecule has 1 fully saturated rings. The summed E-state index contributed by atoms with van der Waals surface area (Å²) in [5.74, 6) is 0.972. The number of nitrogen functional groups attached to an aromatic ring is 1. The molecule has 0 unspecified atom stereocenters. The van der Waals surface area contributed by atoms with Crippen molar-refractivity contribution in [1.82, 2.24) is 0 Å². The van der Waals surface area contributed by atoms with Crippen molar-refractivity contribution in [3.8, 4) is 0 Å². The number of nitrogens with one attached hydrogen (secondary N) is 2. The number of aryl methyl sites for hydroxylation is 1. The largest absolute Gasteiger partial charge is 0.397 e. The van der Waals surface area contributed by atoms with E-state index in [0.717, 1.165) is 35.9 Å². The van der Waals surface area contributed by atoms with Crippen molar-refractivity contribution in [1.29, 1.82) is 0 Å². The van der Waals surface area contributed by atoms with Crippen LogP contribution in [0.2, 0.25) is 0 Å². The van der Waals surface area contributed by atoms with Crippen LogP contribution in [0.3, 0.4) is 0 Å². The molecular weight excluding hydrogens is 250 g/mol. The van der Waals surface area contributed by atoms with Crippen LogP contribution < -0.4 is 16.4 Å². The molecule has 1 saturated carbocycles. The summed E-state index contributed by atoms with van der Waals surface area (Å²) in [6, 6.07) is 3.98. The summed E-state index contributed by atoms with van der Waals surface area (Å²) in [5.41, 5.74) is 9.86. The summed E-state index contributed by atoms with van der Waals surface area (Å²) >= 11 is 0. The maximum atomic E-state index is 11.4. The molecule has 1 aromatic carbocycles. The van der Waals surface area contributed by atoms with Crippen LogP contribution in [-0.4, -0.2) is 12.5 Å². The van der Waals surface area contributed by atoms with Gasteiger partial charge in [-0.25, -0.2) is 0 Å². The van der Waals surface area contributed by atoms with E-state index in [-0.39, 0.29) is 5.91 Å². The van der Waals surface area contributed by atoms with E-state index in [2.05, 4.69) is 16.7 Å². The van der Waals surface area contributed by atoms with Gasteiger partial charge in [0.2, 0.25) is 5.91 Å². The molecule has 1 aromatic rings. The van der Waals surface area contributed by atoms with E-state index in [4.69, 9.17) is 5.73 Å². The zero-order valence-corrected chi connectivity index (χ0v) is 11.9.